The molecule has 0 amide bonds. The maximum Gasteiger partial charge on any atom is 0.0475 e. The van der Waals surface area contributed by atoms with Crippen molar-refractivity contribution in [2.75, 3.05) is 13.2 Å². The summed E-state index contributed by atoms with van der Waals surface area (Å²) in [5.74, 6) is 0.0903. The van der Waals surface area contributed by atoms with Crippen LogP contribution in [0.3, 0.4) is 0 Å². The topological polar surface area (TPSA) is 52.5 Å². The minimum Gasteiger partial charge on any atom is -0.396 e. The van der Waals surface area contributed by atoms with Crippen LogP contribution in [0.5, 0.6) is 0 Å². The lowest BCUT2D eigenvalue weighted by atomic mass is 10.1. The minimum atomic E-state index is 0.0829. The molecule has 0 rings (SSSR count). The molecule has 3 N–H and O–H groups in total. The van der Waals surface area contributed by atoms with Crippen LogP contribution in [-0.2, 0) is 0 Å². The molecule has 0 aliphatic rings. The van der Waals surface area contributed by atoms with Crippen molar-refractivity contribution in [1.82, 2.24) is 5.48 Å². The van der Waals surface area contributed by atoms with Gasteiger partial charge in [-0.1, -0.05) is 6.08 Å². The number of nitrogens with one attached hydrogen (secondary N) is 1. The van der Waals surface area contributed by atoms with Crippen LogP contribution in [0.25, 0.3) is 0 Å². The third-order valence-electron chi connectivity index (χ3n) is 1.14. The number of aliphatic hydroxyl groups excluding tert-OH is 1. The molecule has 0 fully saturated rings. The number of hydrogen-bond acceptors (Lipinski definition) is 3. The normalized spacial score (nSPS) is 13.1. The molecule has 0 aliphatic carbocycles. The van der Waals surface area contributed by atoms with Crippen LogP contribution >= 0.6 is 0 Å². The summed E-state index contributed by atoms with van der Waals surface area (Å²) in [4.78, 5) is 0. The lowest BCUT2D eigenvalue weighted by Crippen LogP contribution is -2.21. The van der Waals surface area contributed by atoms with E-state index in [-0.39, 0.29) is 12.5 Å². The SMILES string of the molecule is C=CCC(CO)CNO. The summed E-state index contributed by atoms with van der Waals surface area (Å²) in [5, 5.41) is 16.8. The van der Waals surface area contributed by atoms with Gasteiger partial charge in [0.05, 0.1) is 0 Å². The van der Waals surface area contributed by atoms with Crippen molar-refractivity contribution in [3.05, 3.63) is 12.7 Å². The third-order valence-corrected chi connectivity index (χ3v) is 1.14. The Hall–Kier alpha value is -0.380. The van der Waals surface area contributed by atoms with Crippen LogP contribution in [0.1, 0.15) is 6.42 Å². The number of hydrogen-bond donors (Lipinski definition) is 3. The van der Waals surface area contributed by atoms with E-state index >= 15 is 0 Å². The summed E-state index contributed by atoms with van der Waals surface area (Å²) < 4.78 is 0. The van der Waals surface area contributed by atoms with Crippen LogP contribution in [0.4, 0.5) is 0 Å². The van der Waals surface area contributed by atoms with Crippen molar-refractivity contribution in [3.63, 3.8) is 0 Å². The summed E-state index contributed by atoms with van der Waals surface area (Å²) in [6.07, 6.45) is 2.45. The molecule has 0 aromatic heterocycles. The maximum absolute atomic E-state index is 8.59. The Kier molecular flexibility index (Phi) is 5.51. The molecule has 9 heavy (non-hydrogen) atoms. The van der Waals surface area contributed by atoms with E-state index < -0.39 is 0 Å². The second-order valence-corrected chi connectivity index (χ2v) is 1.94. The molecule has 1 atom stereocenters. The van der Waals surface area contributed by atoms with E-state index in [1.54, 1.807) is 6.08 Å². The van der Waals surface area contributed by atoms with Crippen molar-refractivity contribution < 1.29 is 10.3 Å². The van der Waals surface area contributed by atoms with Crippen LogP contribution in [-0.4, -0.2) is 23.5 Å². The van der Waals surface area contributed by atoms with Crippen LogP contribution < -0.4 is 5.48 Å². The van der Waals surface area contributed by atoms with E-state index in [1.807, 2.05) is 5.48 Å². The van der Waals surface area contributed by atoms with Crippen molar-refractivity contribution >= 4 is 0 Å². The van der Waals surface area contributed by atoms with Gasteiger partial charge < -0.3 is 10.3 Å². The molecule has 0 saturated carbocycles. The molecular weight excluding hydrogens is 118 g/mol. The fourth-order valence-corrected chi connectivity index (χ4v) is 0.587. The monoisotopic (exact) mass is 131 g/mol. The molecule has 0 heterocycles. The smallest absolute Gasteiger partial charge is 0.0475 e. The Morgan fingerprint density at radius 3 is 2.67 bits per heavy atom. The van der Waals surface area contributed by atoms with Gasteiger partial charge >= 0.3 is 0 Å². The lowest BCUT2D eigenvalue weighted by molar-refractivity contribution is 0.125. The second-order valence-electron chi connectivity index (χ2n) is 1.94. The zero-order chi connectivity index (χ0) is 7.11. The molecule has 3 nitrogen and oxygen atoms in total. The van der Waals surface area contributed by atoms with Crippen LogP contribution in [0, 0.1) is 5.92 Å². The van der Waals surface area contributed by atoms with E-state index in [4.69, 9.17) is 10.3 Å². The number of hydroxylamine groups is 1. The molecular formula is C6H13NO2. The zero-order valence-electron chi connectivity index (χ0n) is 5.38. The van der Waals surface area contributed by atoms with Gasteiger partial charge in [-0.2, -0.15) is 0 Å². The van der Waals surface area contributed by atoms with Gasteiger partial charge in [-0.05, 0) is 6.42 Å². The highest BCUT2D eigenvalue weighted by Gasteiger charge is 2.02. The van der Waals surface area contributed by atoms with Crippen molar-refractivity contribution in [2.45, 2.75) is 6.42 Å². The Morgan fingerprint density at radius 2 is 2.33 bits per heavy atom. The predicted octanol–water partition coefficient (Wildman–Crippen LogP) is 0.150. The van der Waals surface area contributed by atoms with Gasteiger partial charge in [0.15, 0.2) is 0 Å². The Labute approximate surface area is 55.0 Å². The molecule has 54 valence electrons. The minimum absolute atomic E-state index is 0.0829. The quantitative estimate of drug-likeness (QED) is 0.368. The van der Waals surface area contributed by atoms with Crippen molar-refractivity contribution in [2.24, 2.45) is 5.92 Å². The number of rotatable bonds is 5. The molecule has 0 aromatic carbocycles. The predicted molar refractivity (Wildman–Crippen MR) is 35.2 cm³/mol. The van der Waals surface area contributed by atoms with Gasteiger partial charge in [0.25, 0.3) is 0 Å². The second kappa shape index (κ2) is 5.75. The first kappa shape index (κ1) is 8.62. The summed E-state index contributed by atoms with van der Waals surface area (Å²) in [7, 11) is 0. The summed E-state index contributed by atoms with van der Waals surface area (Å²) in [6, 6.07) is 0. The highest BCUT2D eigenvalue weighted by molar-refractivity contribution is 4.72. The fraction of sp³-hybridized carbons (Fsp3) is 0.667. The summed E-state index contributed by atoms with van der Waals surface area (Å²) in [6.45, 7) is 4.01. The highest BCUT2D eigenvalue weighted by atomic mass is 16.5. The van der Waals surface area contributed by atoms with Crippen LogP contribution in [0.15, 0.2) is 12.7 Å². The number of aliphatic hydroxyl groups is 1. The van der Waals surface area contributed by atoms with Crippen LogP contribution in [0.2, 0.25) is 0 Å². The van der Waals surface area contributed by atoms with E-state index in [1.165, 1.54) is 0 Å². The first-order valence-electron chi connectivity index (χ1n) is 2.93. The fourth-order valence-electron chi connectivity index (χ4n) is 0.587. The van der Waals surface area contributed by atoms with Gasteiger partial charge in [0.2, 0.25) is 0 Å². The molecule has 0 radical (unpaired) electrons. The van der Waals surface area contributed by atoms with E-state index in [2.05, 4.69) is 6.58 Å². The zero-order valence-corrected chi connectivity index (χ0v) is 5.38. The molecule has 3 heteroatoms. The maximum atomic E-state index is 8.59. The Balaban J connectivity index is 3.28. The standard InChI is InChI=1S/C6H13NO2/c1-2-3-6(5-8)4-7-9/h2,6-9H,1,3-5H2. The average Bonchev–Trinajstić information content (AvgIpc) is 1.88. The van der Waals surface area contributed by atoms with E-state index in [0.29, 0.717) is 6.54 Å². The highest BCUT2D eigenvalue weighted by Crippen LogP contribution is 1.99. The Morgan fingerprint density at radius 1 is 1.67 bits per heavy atom. The molecule has 1 unspecified atom stereocenters. The van der Waals surface area contributed by atoms with E-state index in [9.17, 15) is 0 Å². The first-order chi connectivity index (χ1) is 4.35. The van der Waals surface area contributed by atoms with Gasteiger partial charge in [0.1, 0.15) is 0 Å². The molecule has 0 saturated heterocycles. The lowest BCUT2D eigenvalue weighted by Gasteiger charge is -2.08. The van der Waals surface area contributed by atoms with Gasteiger partial charge in [-0.15, -0.1) is 6.58 Å². The van der Waals surface area contributed by atoms with Crippen molar-refractivity contribution in [3.8, 4) is 0 Å². The molecule has 0 aliphatic heterocycles. The number of allylic oxidation sites excluding steroid dienone is 1. The Bertz CT molecular complexity index is 75.5. The molecule has 0 bridgehead atoms. The largest absolute Gasteiger partial charge is 0.396 e. The van der Waals surface area contributed by atoms with E-state index in [0.717, 1.165) is 6.42 Å². The third kappa shape index (κ3) is 4.14. The molecule has 0 spiro atoms. The molecule has 0 aromatic rings. The summed E-state index contributed by atoms with van der Waals surface area (Å²) >= 11 is 0. The van der Waals surface area contributed by atoms with Crippen molar-refractivity contribution in [1.29, 1.82) is 0 Å². The first-order valence-corrected chi connectivity index (χ1v) is 2.93. The van der Waals surface area contributed by atoms with Gasteiger partial charge in [0, 0.05) is 19.1 Å². The summed E-state index contributed by atoms with van der Waals surface area (Å²) in [5.41, 5.74) is 2.00. The van der Waals surface area contributed by atoms with Gasteiger partial charge in [-0.25, -0.2) is 5.48 Å². The van der Waals surface area contributed by atoms with Gasteiger partial charge in [-0.3, -0.25) is 0 Å². The average molecular weight is 131 g/mol.